The molecule has 0 saturated carbocycles. The normalized spacial score (nSPS) is 13.8. The van der Waals surface area contributed by atoms with Gasteiger partial charge >= 0.3 is 0 Å². The molecule has 90 valence electrons. The monoisotopic (exact) mass is 222 g/mol. The van der Waals surface area contributed by atoms with Crippen molar-refractivity contribution in [1.82, 2.24) is 0 Å². The molecule has 2 N–H and O–H groups in total. The van der Waals surface area contributed by atoms with E-state index in [0.29, 0.717) is 5.92 Å². The molecule has 0 radical (unpaired) electrons. The van der Waals surface area contributed by atoms with Gasteiger partial charge in [-0.1, -0.05) is 40.7 Å². The van der Waals surface area contributed by atoms with E-state index in [2.05, 4.69) is 13.8 Å². The smallest absolute Gasteiger partial charge is 0.161 e. The lowest BCUT2D eigenvalue weighted by molar-refractivity contribution is 0.387. The maximum atomic E-state index is 9.86. The summed E-state index contributed by atoms with van der Waals surface area (Å²) in [6, 6.07) is 3.67. The molecule has 1 atom stereocenters. The summed E-state index contributed by atoms with van der Waals surface area (Å²) in [6.07, 6.45) is 1.02. The Balaban J connectivity index is 3.33. The second-order valence-electron chi connectivity index (χ2n) is 5.50. The standard InChI is InChI=1S/C14H22O2/c1-6-9(2)10-7-11(14(3,4)5)13(16)12(15)8-10/h7-9,15-16H,6H2,1-5H3. The fourth-order valence-corrected chi connectivity index (χ4v) is 1.73. The average Bonchev–Trinajstić information content (AvgIpc) is 2.18. The first-order valence-corrected chi connectivity index (χ1v) is 5.83. The highest BCUT2D eigenvalue weighted by molar-refractivity contribution is 5.51. The Morgan fingerprint density at radius 1 is 1.19 bits per heavy atom. The van der Waals surface area contributed by atoms with Crippen molar-refractivity contribution >= 4 is 0 Å². The van der Waals surface area contributed by atoms with Crippen molar-refractivity contribution in [3.8, 4) is 11.5 Å². The van der Waals surface area contributed by atoms with Crippen LogP contribution in [0.5, 0.6) is 11.5 Å². The molecule has 0 aliphatic heterocycles. The van der Waals surface area contributed by atoms with Crippen LogP contribution in [0, 0.1) is 0 Å². The van der Waals surface area contributed by atoms with E-state index in [4.69, 9.17) is 0 Å². The van der Waals surface area contributed by atoms with Crippen molar-refractivity contribution in [1.29, 1.82) is 0 Å². The molecule has 0 aromatic heterocycles. The van der Waals surface area contributed by atoms with E-state index in [9.17, 15) is 10.2 Å². The first-order chi connectivity index (χ1) is 7.27. The van der Waals surface area contributed by atoms with E-state index in [1.165, 1.54) is 0 Å². The maximum absolute atomic E-state index is 9.86. The average molecular weight is 222 g/mol. The quantitative estimate of drug-likeness (QED) is 0.745. The molecule has 2 nitrogen and oxygen atoms in total. The number of rotatable bonds is 2. The molecule has 0 heterocycles. The number of phenolic OH excluding ortho intramolecular Hbond substituents is 2. The zero-order valence-corrected chi connectivity index (χ0v) is 10.8. The summed E-state index contributed by atoms with van der Waals surface area (Å²) in [5.74, 6) is 0.398. The Morgan fingerprint density at radius 3 is 2.19 bits per heavy atom. The van der Waals surface area contributed by atoms with Crippen LogP contribution in [0.25, 0.3) is 0 Å². The molecule has 0 spiro atoms. The van der Waals surface area contributed by atoms with Crippen LogP contribution in [0.2, 0.25) is 0 Å². The molecule has 1 unspecified atom stereocenters. The lowest BCUT2D eigenvalue weighted by atomic mass is 9.83. The lowest BCUT2D eigenvalue weighted by Crippen LogP contribution is -2.12. The van der Waals surface area contributed by atoms with Gasteiger partial charge in [-0.3, -0.25) is 0 Å². The Kier molecular flexibility index (Phi) is 3.51. The molecular weight excluding hydrogens is 200 g/mol. The minimum absolute atomic E-state index is 0.0114. The van der Waals surface area contributed by atoms with Crippen molar-refractivity contribution in [3.63, 3.8) is 0 Å². The van der Waals surface area contributed by atoms with Crippen LogP contribution in [0.15, 0.2) is 12.1 Å². The largest absolute Gasteiger partial charge is 0.504 e. The molecule has 2 heteroatoms. The number of hydrogen-bond donors (Lipinski definition) is 2. The Hall–Kier alpha value is -1.18. The Morgan fingerprint density at radius 2 is 1.75 bits per heavy atom. The highest BCUT2D eigenvalue weighted by atomic mass is 16.3. The van der Waals surface area contributed by atoms with Crippen LogP contribution in [0.1, 0.15) is 58.1 Å². The highest BCUT2D eigenvalue weighted by Gasteiger charge is 2.22. The first-order valence-electron chi connectivity index (χ1n) is 5.83. The number of hydrogen-bond acceptors (Lipinski definition) is 2. The fraction of sp³-hybridized carbons (Fsp3) is 0.571. The fourth-order valence-electron chi connectivity index (χ4n) is 1.73. The van der Waals surface area contributed by atoms with Crippen molar-refractivity contribution < 1.29 is 10.2 Å². The van der Waals surface area contributed by atoms with E-state index >= 15 is 0 Å². The summed E-state index contributed by atoms with van der Waals surface area (Å²) in [7, 11) is 0. The first kappa shape index (κ1) is 12.9. The van der Waals surface area contributed by atoms with Crippen molar-refractivity contribution in [2.24, 2.45) is 0 Å². The summed E-state index contributed by atoms with van der Waals surface area (Å²) < 4.78 is 0. The minimum Gasteiger partial charge on any atom is -0.504 e. The molecule has 16 heavy (non-hydrogen) atoms. The van der Waals surface area contributed by atoms with Gasteiger partial charge in [0, 0.05) is 5.56 Å². The topological polar surface area (TPSA) is 40.5 Å². The summed E-state index contributed by atoms with van der Waals surface area (Å²) in [5.41, 5.74) is 1.73. The zero-order valence-electron chi connectivity index (χ0n) is 10.8. The van der Waals surface area contributed by atoms with Crippen molar-refractivity contribution in [2.45, 2.75) is 52.4 Å². The van der Waals surface area contributed by atoms with Crippen LogP contribution in [-0.4, -0.2) is 10.2 Å². The van der Waals surface area contributed by atoms with Crippen molar-refractivity contribution in [2.75, 3.05) is 0 Å². The van der Waals surface area contributed by atoms with Gasteiger partial charge in [-0.2, -0.15) is 0 Å². The van der Waals surface area contributed by atoms with Gasteiger partial charge in [0.15, 0.2) is 11.5 Å². The third-order valence-electron chi connectivity index (χ3n) is 3.10. The SMILES string of the molecule is CCC(C)c1cc(O)c(O)c(C(C)(C)C)c1. The lowest BCUT2D eigenvalue weighted by Gasteiger charge is -2.23. The van der Waals surface area contributed by atoms with Gasteiger partial charge in [0.2, 0.25) is 0 Å². The summed E-state index contributed by atoms with van der Waals surface area (Å²) in [4.78, 5) is 0. The number of benzene rings is 1. The van der Waals surface area contributed by atoms with Gasteiger partial charge in [-0.05, 0) is 29.4 Å². The second-order valence-corrected chi connectivity index (χ2v) is 5.50. The maximum Gasteiger partial charge on any atom is 0.161 e. The predicted octanol–water partition coefficient (Wildman–Crippen LogP) is 3.91. The molecule has 0 saturated heterocycles. The van der Waals surface area contributed by atoms with Crippen LogP contribution >= 0.6 is 0 Å². The molecule has 1 rings (SSSR count). The second kappa shape index (κ2) is 4.36. The zero-order chi connectivity index (χ0) is 12.5. The number of phenols is 2. The van der Waals surface area contributed by atoms with Crippen molar-refractivity contribution in [3.05, 3.63) is 23.3 Å². The summed E-state index contributed by atoms with van der Waals surface area (Å²) in [5, 5.41) is 19.6. The molecule has 0 bridgehead atoms. The molecule has 0 amide bonds. The van der Waals surface area contributed by atoms with Crippen LogP contribution < -0.4 is 0 Å². The third-order valence-corrected chi connectivity index (χ3v) is 3.10. The van der Waals surface area contributed by atoms with Gasteiger partial charge in [0.05, 0.1) is 0 Å². The third kappa shape index (κ3) is 2.49. The van der Waals surface area contributed by atoms with Gasteiger partial charge in [0.1, 0.15) is 0 Å². The van der Waals surface area contributed by atoms with Gasteiger partial charge in [-0.15, -0.1) is 0 Å². The summed E-state index contributed by atoms with van der Waals surface area (Å²) >= 11 is 0. The van der Waals surface area contributed by atoms with E-state index in [-0.39, 0.29) is 16.9 Å². The molecular formula is C14H22O2. The van der Waals surface area contributed by atoms with Gasteiger partial charge in [-0.25, -0.2) is 0 Å². The Bertz CT molecular complexity index is 375. The molecule has 1 aromatic carbocycles. The highest BCUT2D eigenvalue weighted by Crippen LogP contribution is 2.39. The van der Waals surface area contributed by atoms with Gasteiger partial charge < -0.3 is 10.2 Å². The Labute approximate surface area is 97.9 Å². The molecule has 0 aliphatic carbocycles. The van der Waals surface area contributed by atoms with Crippen LogP contribution in [0.4, 0.5) is 0 Å². The number of aromatic hydroxyl groups is 2. The minimum atomic E-state index is -0.162. The van der Waals surface area contributed by atoms with Crippen LogP contribution in [0.3, 0.4) is 0 Å². The van der Waals surface area contributed by atoms with E-state index < -0.39 is 0 Å². The summed E-state index contributed by atoms with van der Waals surface area (Å²) in [6.45, 7) is 10.3. The van der Waals surface area contributed by atoms with E-state index in [1.54, 1.807) is 6.07 Å². The molecule has 0 fully saturated rings. The van der Waals surface area contributed by atoms with Crippen LogP contribution in [-0.2, 0) is 5.41 Å². The predicted molar refractivity (Wildman–Crippen MR) is 67.2 cm³/mol. The molecule has 0 aliphatic rings. The van der Waals surface area contributed by atoms with E-state index in [1.807, 2.05) is 26.8 Å². The molecule has 1 aromatic rings. The van der Waals surface area contributed by atoms with E-state index in [0.717, 1.165) is 17.5 Å². The van der Waals surface area contributed by atoms with Gasteiger partial charge in [0.25, 0.3) is 0 Å².